The van der Waals surface area contributed by atoms with E-state index in [9.17, 15) is 9.59 Å². The number of nitrogens with one attached hydrogen (secondary N) is 2. The summed E-state index contributed by atoms with van der Waals surface area (Å²) in [6, 6.07) is 3.01. The van der Waals surface area contributed by atoms with Crippen molar-refractivity contribution < 1.29 is 23.8 Å². The molecule has 0 spiro atoms. The summed E-state index contributed by atoms with van der Waals surface area (Å²) >= 11 is 0. The van der Waals surface area contributed by atoms with Crippen molar-refractivity contribution in [2.75, 3.05) is 6.54 Å². The Morgan fingerprint density at radius 1 is 1.23 bits per heavy atom. The summed E-state index contributed by atoms with van der Waals surface area (Å²) in [6.45, 7) is 9.95. The Kier molecular flexibility index (Phi) is 5.59. The highest BCUT2D eigenvalue weighted by Crippen LogP contribution is 2.10. The summed E-state index contributed by atoms with van der Waals surface area (Å²) in [5.41, 5.74) is -1.07. The first-order valence-corrected chi connectivity index (χ1v) is 7.02. The first-order valence-electron chi connectivity index (χ1n) is 7.02. The Morgan fingerprint density at radius 3 is 2.36 bits per heavy atom. The van der Waals surface area contributed by atoms with Gasteiger partial charge in [-0.15, -0.1) is 0 Å². The highest BCUT2D eigenvalue weighted by atomic mass is 16.6. The van der Waals surface area contributed by atoms with E-state index in [4.69, 9.17) is 14.3 Å². The fraction of sp³-hybridized carbons (Fsp3) is 0.600. The maximum absolute atomic E-state index is 11.7. The normalized spacial score (nSPS) is 12.0. The van der Waals surface area contributed by atoms with Crippen molar-refractivity contribution in [3.05, 3.63) is 23.7 Å². The molecule has 0 aromatic carbocycles. The van der Waals surface area contributed by atoms with E-state index in [0.717, 1.165) is 0 Å². The SMILES string of the molecule is CC(C)(CNCc1ccc(C(=O)O)o1)NC(=O)OC(C)(C)C. The second-order valence-electron chi connectivity index (χ2n) is 6.69. The molecular weight excluding hydrogens is 288 g/mol. The van der Waals surface area contributed by atoms with Crippen molar-refractivity contribution in [3.63, 3.8) is 0 Å². The molecule has 0 saturated carbocycles. The van der Waals surface area contributed by atoms with Gasteiger partial charge < -0.3 is 24.9 Å². The molecule has 1 rings (SSSR count). The third kappa shape index (κ3) is 6.62. The van der Waals surface area contributed by atoms with Crippen LogP contribution in [-0.2, 0) is 11.3 Å². The third-order valence-corrected chi connectivity index (χ3v) is 2.58. The third-order valence-electron chi connectivity index (χ3n) is 2.58. The highest BCUT2D eigenvalue weighted by Gasteiger charge is 2.24. The van der Waals surface area contributed by atoms with Crippen LogP contribution in [0.15, 0.2) is 16.5 Å². The molecule has 0 unspecified atom stereocenters. The zero-order chi connectivity index (χ0) is 17.0. The molecule has 1 heterocycles. The number of rotatable bonds is 6. The number of carbonyl (C=O) groups is 2. The van der Waals surface area contributed by atoms with Crippen LogP contribution in [0.1, 0.15) is 50.9 Å². The molecule has 22 heavy (non-hydrogen) atoms. The molecule has 0 aliphatic heterocycles. The Hall–Kier alpha value is -2.02. The first-order chi connectivity index (χ1) is 9.98. The molecule has 1 aromatic heterocycles. The number of carboxylic acids is 1. The van der Waals surface area contributed by atoms with Crippen LogP contribution in [0.2, 0.25) is 0 Å². The smallest absolute Gasteiger partial charge is 0.408 e. The number of ether oxygens (including phenoxy) is 1. The number of furan rings is 1. The molecular formula is C15H24N2O5. The van der Waals surface area contributed by atoms with Crippen molar-refractivity contribution in [1.29, 1.82) is 0 Å². The predicted molar refractivity (Wildman–Crippen MR) is 80.8 cm³/mol. The Labute approximate surface area is 130 Å². The number of carboxylic acid groups (broad SMARTS) is 1. The standard InChI is InChI=1S/C15H24N2O5/c1-14(2,3)22-13(20)17-15(4,5)9-16-8-10-6-7-11(21-10)12(18)19/h6-7,16H,8-9H2,1-5H3,(H,17,20)(H,18,19). The van der Waals surface area contributed by atoms with Gasteiger partial charge in [0.05, 0.1) is 12.1 Å². The fourth-order valence-electron chi connectivity index (χ4n) is 1.71. The molecule has 0 aliphatic rings. The van der Waals surface area contributed by atoms with Crippen molar-refractivity contribution >= 4 is 12.1 Å². The minimum absolute atomic E-state index is 0.0945. The number of amides is 1. The van der Waals surface area contributed by atoms with Crippen LogP contribution in [0.25, 0.3) is 0 Å². The molecule has 0 saturated heterocycles. The highest BCUT2D eigenvalue weighted by molar-refractivity contribution is 5.84. The van der Waals surface area contributed by atoms with Crippen LogP contribution in [0, 0.1) is 0 Å². The molecule has 0 atom stereocenters. The second-order valence-corrected chi connectivity index (χ2v) is 6.69. The second kappa shape index (κ2) is 6.83. The van der Waals surface area contributed by atoms with E-state index in [-0.39, 0.29) is 5.76 Å². The topological polar surface area (TPSA) is 101 Å². The number of carbonyl (C=O) groups excluding carboxylic acids is 1. The van der Waals surface area contributed by atoms with Gasteiger partial charge in [-0.1, -0.05) is 0 Å². The zero-order valence-electron chi connectivity index (χ0n) is 13.6. The van der Waals surface area contributed by atoms with Gasteiger partial charge in [0.1, 0.15) is 11.4 Å². The van der Waals surface area contributed by atoms with Gasteiger partial charge in [-0.25, -0.2) is 9.59 Å². The average molecular weight is 312 g/mol. The average Bonchev–Trinajstić information content (AvgIpc) is 2.73. The molecule has 7 heteroatoms. The number of aromatic carboxylic acids is 1. The maximum atomic E-state index is 11.7. The maximum Gasteiger partial charge on any atom is 0.408 e. The molecule has 3 N–H and O–H groups in total. The predicted octanol–water partition coefficient (Wildman–Crippen LogP) is 2.37. The quantitative estimate of drug-likeness (QED) is 0.745. The zero-order valence-corrected chi connectivity index (χ0v) is 13.6. The van der Waals surface area contributed by atoms with E-state index in [0.29, 0.717) is 18.8 Å². The number of hydrogen-bond donors (Lipinski definition) is 3. The van der Waals surface area contributed by atoms with Crippen molar-refractivity contribution in [2.45, 2.75) is 52.3 Å². The first kappa shape index (κ1) is 18.0. The molecule has 1 amide bonds. The van der Waals surface area contributed by atoms with Crippen molar-refractivity contribution in [3.8, 4) is 0 Å². The van der Waals surface area contributed by atoms with Gasteiger partial charge in [0.2, 0.25) is 5.76 Å². The molecule has 124 valence electrons. The summed E-state index contributed by atoms with van der Waals surface area (Å²) in [4.78, 5) is 22.4. The Morgan fingerprint density at radius 2 is 1.86 bits per heavy atom. The van der Waals surface area contributed by atoms with Crippen LogP contribution in [0.5, 0.6) is 0 Å². The van der Waals surface area contributed by atoms with E-state index >= 15 is 0 Å². The molecule has 0 fully saturated rings. The summed E-state index contributed by atoms with van der Waals surface area (Å²) in [5.74, 6) is -0.674. The summed E-state index contributed by atoms with van der Waals surface area (Å²) in [5, 5.41) is 14.6. The van der Waals surface area contributed by atoms with Gasteiger partial charge in [0.25, 0.3) is 0 Å². The summed E-state index contributed by atoms with van der Waals surface area (Å²) < 4.78 is 10.3. The molecule has 7 nitrogen and oxygen atoms in total. The lowest BCUT2D eigenvalue weighted by molar-refractivity contribution is 0.0471. The van der Waals surface area contributed by atoms with Crippen LogP contribution in [0.4, 0.5) is 4.79 Å². The molecule has 0 aliphatic carbocycles. The van der Waals surface area contributed by atoms with E-state index in [1.54, 1.807) is 26.8 Å². The fourth-order valence-corrected chi connectivity index (χ4v) is 1.71. The minimum Gasteiger partial charge on any atom is -0.475 e. The molecule has 0 bridgehead atoms. The lowest BCUT2D eigenvalue weighted by Crippen LogP contribution is -2.51. The lowest BCUT2D eigenvalue weighted by Gasteiger charge is -2.28. The molecule has 0 radical (unpaired) electrons. The van der Waals surface area contributed by atoms with Gasteiger partial charge in [0, 0.05) is 6.54 Å². The summed E-state index contributed by atoms with van der Waals surface area (Å²) in [6.07, 6.45) is -0.481. The van der Waals surface area contributed by atoms with Gasteiger partial charge in [-0.2, -0.15) is 0 Å². The largest absolute Gasteiger partial charge is 0.475 e. The monoisotopic (exact) mass is 312 g/mol. The van der Waals surface area contributed by atoms with E-state index in [1.165, 1.54) is 6.07 Å². The van der Waals surface area contributed by atoms with Gasteiger partial charge >= 0.3 is 12.1 Å². The van der Waals surface area contributed by atoms with E-state index < -0.39 is 23.2 Å². The lowest BCUT2D eigenvalue weighted by atomic mass is 10.1. The van der Waals surface area contributed by atoms with Crippen LogP contribution in [-0.4, -0.2) is 34.9 Å². The molecule has 1 aromatic rings. The van der Waals surface area contributed by atoms with Gasteiger partial charge in [-0.05, 0) is 46.8 Å². The summed E-state index contributed by atoms with van der Waals surface area (Å²) in [7, 11) is 0. The minimum atomic E-state index is -1.10. The van der Waals surface area contributed by atoms with Gasteiger partial charge in [0.15, 0.2) is 0 Å². The van der Waals surface area contributed by atoms with Gasteiger partial charge in [-0.3, -0.25) is 0 Å². The van der Waals surface area contributed by atoms with Crippen LogP contribution in [0.3, 0.4) is 0 Å². The van der Waals surface area contributed by atoms with Crippen LogP contribution >= 0.6 is 0 Å². The van der Waals surface area contributed by atoms with E-state index in [2.05, 4.69) is 10.6 Å². The number of hydrogen-bond acceptors (Lipinski definition) is 5. The Bertz CT molecular complexity index is 528. The van der Waals surface area contributed by atoms with Crippen molar-refractivity contribution in [1.82, 2.24) is 10.6 Å². The number of alkyl carbamates (subject to hydrolysis) is 1. The Balaban J connectivity index is 2.41. The van der Waals surface area contributed by atoms with Crippen LogP contribution < -0.4 is 10.6 Å². The van der Waals surface area contributed by atoms with Crippen molar-refractivity contribution in [2.24, 2.45) is 0 Å². The van der Waals surface area contributed by atoms with E-state index in [1.807, 2.05) is 13.8 Å².